The van der Waals surface area contributed by atoms with Gasteiger partial charge in [-0.05, 0) is 55.2 Å². The monoisotopic (exact) mass is 465 g/mol. The lowest BCUT2D eigenvalue weighted by molar-refractivity contribution is -0.118. The number of piperazine rings is 1. The average molecular weight is 466 g/mol. The van der Waals surface area contributed by atoms with E-state index in [1.54, 1.807) is 43.5 Å². The van der Waals surface area contributed by atoms with Gasteiger partial charge < -0.3 is 19.7 Å². The van der Waals surface area contributed by atoms with Gasteiger partial charge >= 0.3 is 0 Å². The Labute approximate surface area is 202 Å². The van der Waals surface area contributed by atoms with Crippen molar-refractivity contribution in [3.63, 3.8) is 0 Å². The molecule has 7 nitrogen and oxygen atoms in total. The molecule has 0 aromatic heterocycles. The second-order valence-electron chi connectivity index (χ2n) is 9.19. The number of benzene rings is 2. The molecular formula is C27H35N3O4. The Bertz CT molecular complexity index is 949. The summed E-state index contributed by atoms with van der Waals surface area (Å²) in [4.78, 5) is 29.6. The molecule has 1 heterocycles. The van der Waals surface area contributed by atoms with Crippen molar-refractivity contribution in [2.45, 2.75) is 32.1 Å². The first-order chi connectivity index (χ1) is 16.6. The summed E-state index contributed by atoms with van der Waals surface area (Å²) < 4.78 is 10.7. The van der Waals surface area contributed by atoms with Crippen LogP contribution in [0.5, 0.6) is 11.5 Å². The number of ether oxygens (including phenoxy) is 2. The van der Waals surface area contributed by atoms with Gasteiger partial charge in [0.25, 0.3) is 11.8 Å². The molecule has 1 aliphatic heterocycles. The van der Waals surface area contributed by atoms with Gasteiger partial charge in [-0.3, -0.25) is 14.5 Å². The number of anilines is 1. The normalized spacial score (nSPS) is 17.3. The molecule has 2 fully saturated rings. The van der Waals surface area contributed by atoms with E-state index in [0.29, 0.717) is 22.7 Å². The molecule has 182 valence electrons. The fourth-order valence-electron chi connectivity index (χ4n) is 4.79. The molecule has 2 amide bonds. The van der Waals surface area contributed by atoms with E-state index in [-0.39, 0.29) is 18.4 Å². The van der Waals surface area contributed by atoms with Crippen molar-refractivity contribution < 1.29 is 19.1 Å². The van der Waals surface area contributed by atoms with Gasteiger partial charge in [0.05, 0.1) is 7.11 Å². The van der Waals surface area contributed by atoms with Crippen molar-refractivity contribution in [3.05, 3.63) is 54.1 Å². The number of nitrogens with one attached hydrogen (secondary N) is 1. The largest absolute Gasteiger partial charge is 0.497 e. The molecule has 0 atom stereocenters. The molecule has 0 radical (unpaired) electrons. The molecule has 1 saturated carbocycles. The highest BCUT2D eigenvalue weighted by Crippen LogP contribution is 2.25. The molecule has 4 rings (SSSR count). The minimum atomic E-state index is -0.264. The SMILES string of the molecule is COc1cccc(NC(=O)COc2ccc(C(=O)N3CCN(CC4CCCCC4)CC3)cc2)c1. The highest BCUT2D eigenvalue weighted by atomic mass is 16.5. The van der Waals surface area contributed by atoms with Gasteiger partial charge in [-0.2, -0.15) is 0 Å². The molecule has 1 saturated heterocycles. The zero-order chi connectivity index (χ0) is 23.8. The summed E-state index contributed by atoms with van der Waals surface area (Å²) in [7, 11) is 1.58. The first-order valence-corrected chi connectivity index (χ1v) is 12.3. The molecule has 34 heavy (non-hydrogen) atoms. The maximum Gasteiger partial charge on any atom is 0.262 e. The van der Waals surface area contributed by atoms with Crippen LogP contribution in [0.1, 0.15) is 42.5 Å². The molecule has 0 spiro atoms. The smallest absolute Gasteiger partial charge is 0.262 e. The van der Waals surface area contributed by atoms with Crippen molar-refractivity contribution in [3.8, 4) is 11.5 Å². The number of amides is 2. The van der Waals surface area contributed by atoms with Crippen LogP contribution in [0, 0.1) is 5.92 Å². The van der Waals surface area contributed by atoms with Gasteiger partial charge in [-0.25, -0.2) is 0 Å². The molecule has 0 unspecified atom stereocenters. The minimum Gasteiger partial charge on any atom is -0.497 e. The number of carbonyl (C=O) groups excluding carboxylic acids is 2. The number of methoxy groups -OCH3 is 1. The zero-order valence-corrected chi connectivity index (χ0v) is 20.0. The summed E-state index contributed by atoms with van der Waals surface area (Å²) in [6.07, 6.45) is 6.84. The molecular weight excluding hydrogens is 430 g/mol. The predicted octanol–water partition coefficient (Wildman–Crippen LogP) is 4.05. The third-order valence-corrected chi connectivity index (χ3v) is 6.73. The van der Waals surface area contributed by atoms with E-state index in [2.05, 4.69) is 10.2 Å². The van der Waals surface area contributed by atoms with Gasteiger partial charge in [0, 0.05) is 50.0 Å². The van der Waals surface area contributed by atoms with Gasteiger partial charge in [-0.15, -0.1) is 0 Å². The third kappa shape index (κ3) is 6.73. The fourth-order valence-corrected chi connectivity index (χ4v) is 4.79. The zero-order valence-electron chi connectivity index (χ0n) is 20.0. The summed E-state index contributed by atoms with van der Waals surface area (Å²) in [5.41, 5.74) is 1.29. The topological polar surface area (TPSA) is 71.1 Å². The third-order valence-electron chi connectivity index (χ3n) is 6.73. The van der Waals surface area contributed by atoms with Crippen molar-refractivity contribution in [2.75, 3.05) is 51.8 Å². The highest BCUT2D eigenvalue weighted by molar-refractivity contribution is 5.94. The van der Waals surface area contributed by atoms with Crippen molar-refractivity contribution in [1.82, 2.24) is 9.80 Å². The van der Waals surface area contributed by atoms with E-state index in [0.717, 1.165) is 32.1 Å². The summed E-state index contributed by atoms with van der Waals surface area (Å²) >= 11 is 0. The fraction of sp³-hybridized carbons (Fsp3) is 0.481. The Morgan fingerprint density at radius 2 is 1.68 bits per heavy atom. The number of hydrogen-bond donors (Lipinski definition) is 1. The molecule has 1 aliphatic carbocycles. The van der Waals surface area contributed by atoms with Gasteiger partial charge in [0.15, 0.2) is 6.61 Å². The lowest BCUT2D eigenvalue weighted by Gasteiger charge is -2.37. The molecule has 2 aromatic carbocycles. The Morgan fingerprint density at radius 1 is 0.941 bits per heavy atom. The number of nitrogens with zero attached hydrogens (tertiary/aromatic N) is 2. The van der Waals surface area contributed by atoms with Crippen LogP contribution in [0.15, 0.2) is 48.5 Å². The molecule has 1 N–H and O–H groups in total. The number of carbonyl (C=O) groups is 2. The van der Waals surface area contributed by atoms with Gasteiger partial charge in [0.1, 0.15) is 11.5 Å². The Morgan fingerprint density at radius 3 is 2.38 bits per heavy atom. The van der Waals surface area contributed by atoms with E-state index >= 15 is 0 Å². The summed E-state index contributed by atoms with van der Waals surface area (Å²) in [5, 5.41) is 2.78. The van der Waals surface area contributed by atoms with Crippen molar-refractivity contribution >= 4 is 17.5 Å². The Kier molecular flexibility index (Phi) is 8.41. The molecule has 2 aromatic rings. The average Bonchev–Trinajstić information content (AvgIpc) is 2.88. The van der Waals surface area contributed by atoms with E-state index in [1.807, 2.05) is 17.0 Å². The Hall–Kier alpha value is -3.06. The maximum absolute atomic E-state index is 12.9. The van der Waals surface area contributed by atoms with Crippen LogP contribution in [0.25, 0.3) is 0 Å². The molecule has 7 heteroatoms. The van der Waals surface area contributed by atoms with Crippen LogP contribution in [-0.2, 0) is 4.79 Å². The second kappa shape index (κ2) is 11.9. The predicted molar refractivity (Wildman–Crippen MR) is 132 cm³/mol. The maximum atomic E-state index is 12.9. The van der Waals surface area contributed by atoms with E-state index < -0.39 is 0 Å². The summed E-state index contributed by atoms with van der Waals surface area (Å²) in [6, 6.07) is 14.2. The van der Waals surface area contributed by atoms with Crippen molar-refractivity contribution in [2.24, 2.45) is 5.92 Å². The van der Waals surface area contributed by atoms with Crippen molar-refractivity contribution in [1.29, 1.82) is 0 Å². The van der Waals surface area contributed by atoms with Gasteiger partial charge in [-0.1, -0.05) is 25.3 Å². The van der Waals surface area contributed by atoms with Crippen LogP contribution >= 0.6 is 0 Å². The number of rotatable bonds is 8. The van der Waals surface area contributed by atoms with Crippen LogP contribution in [-0.4, -0.2) is 68.1 Å². The lowest BCUT2D eigenvalue weighted by atomic mass is 9.89. The minimum absolute atomic E-state index is 0.0552. The van der Waals surface area contributed by atoms with E-state index in [9.17, 15) is 9.59 Å². The molecule has 0 bridgehead atoms. The standard InChI is InChI=1S/C27H35N3O4/c1-33-25-9-5-8-23(18-25)28-26(31)20-34-24-12-10-22(11-13-24)27(32)30-16-14-29(15-17-30)19-21-6-3-2-4-7-21/h5,8-13,18,21H,2-4,6-7,14-17,19-20H2,1H3,(H,28,31). The second-order valence-corrected chi connectivity index (χ2v) is 9.19. The van der Waals surface area contributed by atoms with Gasteiger partial charge in [0.2, 0.25) is 0 Å². The molecule has 2 aliphatic rings. The van der Waals surface area contributed by atoms with Crippen LogP contribution < -0.4 is 14.8 Å². The summed E-state index contributed by atoms with van der Waals surface area (Å²) in [6.45, 7) is 4.51. The first kappa shape index (κ1) is 24.1. The van der Waals surface area contributed by atoms with E-state index in [4.69, 9.17) is 9.47 Å². The van der Waals surface area contributed by atoms with Crippen LogP contribution in [0.4, 0.5) is 5.69 Å². The van der Waals surface area contributed by atoms with Crippen LogP contribution in [0.2, 0.25) is 0 Å². The summed E-state index contributed by atoms with van der Waals surface area (Å²) in [5.74, 6) is 1.85. The number of hydrogen-bond acceptors (Lipinski definition) is 5. The Balaban J connectivity index is 1.20. The van der Waals surface area contributed by atoms with Crippen LogP contribution in [0.3, 0.4) is 0 Å². The highest BCUT2D eigenvalue weighted by Gasteiger charge is 2.24. The quantitative estimate of drug-likeness (QED) is 0.637. The first-order valence-electron chi connectivity index (χ1n) is 12.3. The van der Waals surface area contributed by atoms with E-state index in [1.165, 1.54) is 38.6 Å². The lowest BCUT2D eigenvalue weighted by Crippen LogP contribution is -2.49.